The van der Waals surface area contributed by atoms with Gasteiger partial charge in [-0.3, -0.25) is 9.78 Å². The Balaban J connectivity index is 1.91. The molecule has 1 amide bonds. The maximum absolute atomic E-state index is 12.0. The molecule has 0 fully saturated rings. The number of thiophene rings is 1. The molecule has 0 saturated heterocycles. The predicted octanol–water partition coefficient (Wildman–Crippen LogP) is 1.46. The first kappa shape index (κ1) is 14.3. The van der Waals surface area contributed by atoms with Crippen LogP contribution in [0.3, 0.4) is 0 Å². The first-order valence-electron chi connectivity index (χ1n) is 6.15. The van der Waals surface area contributed by atoms with Gasteiger partial charge in [0.05, 0.1) is 0 Å². The second-order valence-electron chi connectivity index (χ2n) is 3.99. The summed E-state index contributed by atoms with van der Waals surface area (Å²) in [6.45, 7) is 0.340. The Morgan fingerprint density at radius 1 is 1.45 bits per heavy atom. The summed E-state index contributed by atoms with van der Waals surface area (Å²) in [5.74, 6) is 5.19. The average Bonchev–Trinajstić information content (AvgIpc) is 2.94. The number of pyridine rings is 1. The summed E-state index contributed by atoms with van der Waals surface area (Å²) in [5.41, 5.74) is 1.74. The fourth-order valence-corrected chi connectivity index (χ4v) is 2.43. The van der Waals surface area contributed by atoms with Gasteiger partial charge in [0.25, 0.3) is 5.91 Å². The molecule has 0 spiro atoms. The van der Waals surface area contributed by atoms with Crippen molar-refractivity contribution in [2.75, 3.05) is 13.2 Å². The number of aliphatic hydroxyl groups is 1. The normalized spacial score (nSPS) is 9.65. The summed E-state index contributed by atoms with van der Waals surface area (Å²) in [7, 11) is 0. The van der Waals surface area contributed by atoms with E-state index in [1.165, 1.54) is 11.3 Å². The number of nitrogens with zero attached hydrogens (tertiary/aromatic N) is 1. The van der Waals surface area contributed by atoms with E-state index in [-0.39, 0.29) is 12.5 Å². The molecular formula is C15H14N2O2S. The monoisotopic (exact) mass is 286 g/mol. The van der Waals surface area contributed by atoms with Crippen molar-refractivity contribution in [2.45, 2.75) is 6.42 Å². The van der Waals surface area contributed by atoms with Gasteiger partial charge in [-0.15, -0.1) is 11.3 Å². The van der Waals surface area contributed by atoms with Crippen molar-refractivity contribution < 1.29 is 9.90 Å². The number of nitrogens with one attached hydrogen (secondary N) is 1. The summed E-state index contributed by atoms with van der Waals surface area (Å²) < 4.78 is 0. The third-order valence-corrected chi connectivity index (χ3v) is 3.51. The molecule has 5 heteroatoms. The zero-order valence-corrected chi connectivity index (χ0v) is 11.6. The number of amides is 1. The Labute approximate surface area is 121 Å². The van der Waals surface area contributed by atoms with Gasteiger partial charge in [-0.25, -0.2) is 0 Å². The van der Waals surface area contributed by atoms with Crippen LogP contribution in [-0.4, -0.2) is 29.1 Å². The van der Waals surface area contributed by atoms with Gasteiger partial charge in [-0.1, -0.05) is 17.9 Å². The number of hydrogen-bond donors (Lipinski definition) is 2. The Bertz CT molecular complexity index is 626. The number of aromatic nitrogens is 1. The zero-order valence-electron chi connectivity index (χ0n) is 10.8. The number of hydrogen-bond acceptors (Lipinski definition) is 4. The highest BCUT2D eigenvalue weighted by Gasteiger charge is 2.11. The molecule has 4 nitrogen and oxygen atoms in total. The number of carbonyl (C=O) groups excluding carboxylic acids is 1. The molecule has 2 heterocycles. The van der Waals surface area contributed by atoms with Crippen molar-refractivity contribution in [1.82, 2.24) is 10.3 Å². The molecule has 0 radical (unpaired) electrons. The van der Waals surface area contributed by atoms with Crippen LogP contribution in [0.1, 0.15) is 20.8 Å². The minimum absolute atomic E-state index is 0.133. The maximum atomic E-state index is 12.0. The minimum atomic E-state index is -0.210. The fourth-order valence-electron chi connectivity index (χ4n) is 1.66. The number of aliphatic hydroxyl groups excluding tert-OH is 1. The van der Waals surface area contributed by atoms with E-state index in [4.69, 9.17) is 5.11 Å². The van der Waals surface area contributed by atoms with Gasteiger partial charge >= 0.3 is 0 Å². The molecule has 20 heavy (non-hydrogen) atoms. The lowest BCUT2D eigenvalue weighted by Crippen LogP contribution is -2.25. The molecule has 0 bridgehead atoms. The van der Waals surface area contributed by atoms with E-state index in [0.29, 0.717) is 17.0 Å². The maximum Gasteiger partial charge on any atom is 0.262 e. The molecule has 0 atom stereocenters. The lowest BCUT2D eigenvalue weighted by Gasteiger charge is -2.04. The van der Waals surface area contributed by atoms with Crippen LogP contribution in [0.25, 0.3) is 0 Å². The predicted molar refractivity (Wildman–Crippen MR) is 78.6 cm³/mol. The van der Waals surface area contributed by atoms with E-state index in [2.05, 4.69) is 22.1 Å². The van der Waals surface area contributed by atoms with Crippen LogP contribution in [0.2, 0.25) is 0 Å². The molecule has 0 aliphatic heterocycles. The lowest BCUT2D eigenvalue weighted by atomic mass is 10.2. The van der Waals surface area contributed by atoms with Crippen molar-refractivity contribution in [3.05, 3.63) is 52.0 Å². The highest BCUT2D eigenvalue weighted by atomic mass is 32.1. The zero-order chi connectivity index (χ0) is 14.2. The van der Waals surface area contributed by atoms with Crippen molar-refractivity contribution in [3.8, 4) is 11.8 Å². The van der Waals surface area contributed by atoms with Crippen molar-refractivity contribution in [3.63, 3.8) is 0 Å². The Kier molecular flexibility index (Phi) is 5.30. The molecule has 0 saturated carbocycles. The van der Waals surface area contributed by atoms with Crippen LogP contribution in [0, 0.1) is 11.8 Å². The summed E-state index contributed by atoms with van der Waals surface area (Å²) in [4.78, 5) is 16.6. The van der Waals surface area contributed by atoms with Gasteiger partial charge in [0, 0.05) is 24.5 Å². The quantitative estimate of drug-likeness (QED) is 0.837. The average molecular weight is 286 g/mol. The van der Waals surface area contributed by atoms with Crippen LogP contribution in [0.5, 0.6) is 0 Å². The Morgan fingerprint density at radius 3 is 3.10 bits per heavy atom. The highest BCUT2D eigenvalue weighted by Crippen LogP contribution is 2.15. The molecule has 0 aliphatic carbocycles. The second kappa shape index (κ2) is 7.43. The van der Waals surface area contributed by atoms with Crippen molar-refractivity contribution >= 4 is 17.2 Å². The summed E-state index contributed by atoms with van der Waals surface area (Å²) >= 11 is 1.35. The smallest absolute Gasteiger partial charge is 0.262 e. The molecule has 2 rings (SSSR count). The molecule has 0 aromatic carbocycles. The van der Waals surface area contributed by atoms with Gasteiger partial charge < -0.3 is 10.4 Å². The van der Waals surface area contributed by atoms with E-state index in [0.717, 1.165) is 12.0 Å². The van der Waals surface area contributed by atoms with Crippen LogP contribution in [0.15, 0.2) is 36.0 Å². The van der Waals surface area contributed by atoms with Crippen molar-refractivity contribution in [1.29, 1.82) is 0 Å². The van der Waals surface area contributed by atoms with E-state index >= 15 is 0 Å². The topological polar surface area (TPSA) is 62.2 Å². The Hall–Kier alpha value is -2.16. The second-order valence-corrected chi connectivity index (χ2v) is 4.91. The van der Waals surface area contributed by atoms with E-state index in [1.54, 1.807) is 18.5 Å². The van der Waals surface area contributed by atoms with Gasteiger partial charge in [-0.05, 0) is 29.5 Å². The highest BCUT2D eigenvalue weighted by molar-refractivity contribution is 7.12. The van der Waals surface area contributed by atoms with Crippen LogP contribution < -0.4 is 5.32 Å². The third kappa shape index (κ3) is 3.92. The molecule has 2 aromatic heterocycles. The SMILES string of the molecule is O=C(NCCc1cccnc1)c1sccc1C#CCO. The van der Waals surface area contributed by atoms with Gasteiger partial charge in [0.15, 0.2) is 0 Å². The van der Waals surface area contributed by atoms with E-state index in [9.17, 15) is 4.79 Å². The standard InChI is InChI=1S/C15H14N2O2S/c18-9-2-4-13-6-10-20-14(13)15(19)17-8-5-12-3-1-7-16-11-12/h1,3,6-7,10-11,18H,5,8-9H2,(H,17,19). The first-order valence-corrected chi connectivity index (χ1v) is 7.03. The van der Waals surface area contributed by atoms with Crippen molar-refractivity contribution in [2.24, 2.45) is 0 Å². The molecule has 102 valence electrons. The molecule has 2 N–H and O–H groups in total. The Morgan fingerprint density at radius 2 is 2.35 bits per heavy atom. The largest absolute Gasteiger partial charge is 0.384 e. The van der Waals surface area contributed by atoms with E-state index in [1.807, 2.05) is 17.5 Å². The molecule has 2 aromatic rings. The van der Waals surface area contributed by atoms with E-state index < -0.39 is 0 Å². The fraction of sp³-hybridized carbons (Fsp3) is 0.200. The minimum Gasteiger partial charge on any atom is -0.384 e. The summed E-state index contributed by atoms with van der Waals surface area (Å²) in [6.07, 6.45) is 4.25. The van der Waals surface area contributed by atoms with Crippen LogP contribution >= 0.6 is 11.3 Å². The van der Waals surface area contributed by atoms with Gasteiger partial charge in [0.1, 0.15) is 11.5 Å². The summed E-state index contributed by atoms with van der Waals surface area (Å²) in [5, 5.41) is 13.4. The number of rotatable bonds is 4. The first-order chi connectivity index (χ1) is 9.81. The molecular weight excluding hydrogens is 272 g/mol. The number of carbonyl (C=O) groups is 1. The van der Waals surface area contributed by atoms with Crippen LogP contribution in [0.4, 0.5) is 0 Å². The lowest BCUT2D eigenvalue weighted by molar-refractivity contribution is 0.0958. The summed E-state index contributed by atoms with van der Waals surface area (Å²) in [6, 6.07) is 5.63. The van der Waals surface area contributed by atoms with Gasteiger partial charge in [0.2, 0.25) is 0 Å². The third-order valence-electron chi connectivity index (χ3n) is 2.60. The molecule has 0 aliphatic rings. The molecule has 0 unspecified atom stereocenters. The van der Waals surface area contributed by atoms with Gasteiger partial charge in [-0.2, -0.15) is 0 Å². The van der Waals surface area contributed by atoms with Crippen LogP contribution in [-0.2, 0) is 6.42 Å².